The number of hydrogen-bond donors (Lipinski definition) is 2. The van der Waals surface area contributed by atoms with Crippen molar-refractivity contribution in [2.24, 2.45) is 5.73 Å². The number of ether oxygens (including phenoxy) is 2. The van der Waals surface area contributed by atoms with Crippen LogP contribution in [0.25, 0.3) is 0 Å². The van der Waals surface area contributed by atoms with E-state index in [9.17, 15) is 4.79 Å². The van der Waals surface area contributed by atoms with E-state index in [-0.39, 0.29) is 18.4 Å². The second-order valence-corrected chi connectivity index (χ2v) is 12.0. The van der Waals surface area contributed by atoms with Crippen LogP contribution < -0.4 is 11.1 Å². The lowest BCUT2D eigenvalue weighted by Gasteiger charge is -2.21. The molecule has 0 spiro atoms. The largest absolute Gasteiger partial charge is 0.364 e. The minimum absolute atomic E-state index is 0.0344. The fourth-order valence-corrected chi connectivity index (χ4v) is 6.56. The van der Waals surface area contributed by atoms with Gasteiger partial charge in [0.1, 0.15) is 18.3 Å². The van der Waals surface area contributed by atoms with Crippen molar-refractivity contribution in [2.75, 3.05) is 19.2 Å². The van der Waals surface area contributed by atoms with Gasteiger partial charge in [-0.05, 0) is 59.4 Å². The van der Waals surface area contributed by atoms with Crippen molar-refractivity contribution in [3.8, 4) is 0 Å². The third-order valence-electron chi connectivity index (χ3n) is 6.55. The third-order valence-corrected chi connectivity index (χ3v) is 8.67. The van der Waals surface area contributed by atoms with Crippen LogP contribution in [0.2, 0.25) is 0 Å². The number of nitrogens with one attached hydrogen (secondary N) is 1. The van der Waals surface area contributed by atoms with Gasteiger partial charge in [0, 0.05) is 30.3 Å². The second-order valence-electron chi connectivity index (χ2n) is 9.59. The van der Waals surface area contributed by atoms with Gasteiger partial charge in [-0.25, -0.2) is 9.97 Å². The van der Waals surface area contributed by atoms with Crippen LogP contribution in [0.1, 0.15) is 44.2 Å². The van der Waals surface area contributed by atoms with Crippen LogP contribution in [0.4, 0.5) is 10.9 Å². The highest BCUT2D eigenvalue weighted by atomic mass is 32.2. The molecule has 3 heterocycles. The highest BCUT2D eigenvalue weighted by Gasteiger charge is 2.23. The molecule has 0 aliphatic rings. The molecule has 3 N–H and O–H groups in total. The maximum absolute atomic E-state index is 12.6. The van der Waals surface area contributed by atoms with Gasteiger partial charge in [-0.2, -0.15) is 0 Å². The fourth-order valence-electron chi connectivity index (χ4n) is 4.57. The number of methoxy groups -OCH3 is 1. The minimum Gasteiger partial charge on any atom is -0.364 e. The maximum atomic E-state index is 12.6. The van der Waals surface area contributed by atoms with E-state index in [2.05, 4.69) is 56.7 Å². The number of benzene rings is 2. The Balaban J connectivity index is 1.44. The van der Waals surface area contributed by atoms with Crippen LogP contribution in [-0.4, -0.2) is 34.8 Å². The molecule has 5 rings (SSSR count). The molecule has 214 valence electrons. The van der Waals surface area contributed by atoms with Gasteiger partial charge in [0.2, 0.25) is 0 Å². The molecule has 0 bridgehead atoms. The van der Waals surface area contributed by atoms with Crippen molar-refractivity contribution in [3.63, 3.8) is 0 Å². The number of primary amides is 1. The number of aryl methyl sites for hydroxylation is 1. The van der Waals surface area contributed by atoms with Gasteiger partial charge in [0.05, 0.1) is 17.0 Å². The summed E-state index contributed by atoms with van der Waals surface area (Å²) in [5.41, 5.74) is 11.3. The summed E-state index contributed by atoms with van der Waals surface area (Å²) in [6, 6.07) is 24.4. The highest BCUT2D eigenvalue weighted by Crippen LogP contribution is 2.39. The van der Waals surface area contributed by atoms with Crippen LogP contribution in [-0.2, 0) is 22.5 Å². The van der Waals surface area contributed by atoms with Gasteiger partial charge in [0.25, 0.3) is 5.91 Å². The zero-order chi connectivity index (χ0) is 29.3. The van der Waals surface area contributed by atoms with E-state index < -0.39 is 5.91 Å². The minimum atomic E-state index is -0.554. The quantitative estimate of drug-likeness (QED) is 0.114. The average molecular weight is 598 g/mol. The van der Waals surface area contributed by atoms with E-state index in [1.165, 1.54) is 11.3 Å². The summed E-state index contributed by atoms with van der Waals surface area (Å²) < 4.78 is 11.5. The van der Waals surface area contributed by atoms with Crippen molar-refractivity contribution >= 4 is 40.0 Å². The summed E-state index contributed by atoms with van der Waals surface area (Å²) in [6.45, 7) is 2.72. The monoisotopic (exact) mass is 597 g/mol. The Labute approximate surface area is 253 Å². The Morgan fingerprint density at radius 2 is 1.76 bits per heavy atom. The Bertz CT molecular complexity index is 1630. The number of rotatable bonds is 13. The van der Waals surface area contributed by atoms with Gasteiger partial charge >= 0.3 is 0 Å². The summed E-state index contributed by atoms with van der Waals surface area (Å²) in [5.74, 6) is 0.151. The topological polar surface area (TPSA) is 112 Å². The molecular weight excluding hydrogens is 567 g/mol. The predicted molar refractivity (Wildman–Crippen MR) is 166 cm³/mol. The van der Waals surface area contributed by atoms with Crippen LogP contribution in [0, 0.1) is 6.92 Å². The Hall–Kier alpha value is -4.09. The number of carbonyl (C=O) groups excluding carboxylic acids is 1. The number of anilines is 2. The van der Waals surface area contributed by atoms with E-state index >= 15 is 0 Å². The third kappa shape index (κ3) is 7.59. The molecule has 8 nitrogen and oxygen atoms in total. The maximum Gasteiger partial charge on any atom is 0.267 e. The second kappa shape index (κ2) is 14.2. The first-order chi connectivity index (χ1) is 20.5. The van der Waals surface area contributed by atoms with Crippen LogP contribution in [0.3, 0.4) is 0 Å². The Kier molecular flexibility index (Phi) is 9.94. The molecule has 0 radical (unpaired) electrons. The predicted octanol–water partition coefficient (Wildman–Crippen LogP) is 6.73. The summed E-state index contributed by atoms with van der Waals surface area (Å²) in [6.07, 6.45) is 5.76. The first-order valence-corrected chi connectivity index (χ1v) is 14.9. The number of aromatic nitrogens is 3. The van der Waals surface area contributed by atoms with Gasteiger partial charge in [-0.1, -0.05) is 77.7 Å². The molecule has 10 heteroatoms. The van der Waals surface area contributed by atoms with E-state index in [4.69, 9.17) is 15.2 Å². The summed E-state index contributed by atoms with van der Waals surface area (Å²) in [7, 11) is 1.60. The molecule has 3 aromatic heterocycles. The van der Waals surface area contributed by atoms with Crippen LogP contribution in [0.15, 0.2) is 100 Å². The van der Waals surface area contributed by atoms with Crippen molar-refractivity contribution in [1.82, 2.24) is 15.0 Å². The number of hydrogen-bond acceptors (Lipinski definition) is 9. The molecule has 0 unspecified atom stereocenters. The lowest BCUT2D eigenvalue weighted by atomic mass is 9.85. The lowest BCUT2D eigenvalue weighted by Crippen LogP contribution is -2.18. The summed E-state index contributed by atoms with van der Waals surface area (Å²) in [5, 5.41) is 4.01. The molecule has 2 aromatic carbocycles. The van der Waals surface area contributed by atoms with Gasteiger partial charge in [0.15, 0.2) is 5.13 Å². The molecule has 42 heavy (non-hydrogen) atoms. The molecule has 1 amide bonds. The molecule has 0 fully saturated rings. The fraction of sp³-hybridized carbons (Fsp3) is 0.188. The van der Waals surface area contributed by atoms with Crippen molar-refractivity contribution in [3.05, 3.63) is 125 Å². The number of carbonyl (C=O) groups is 1. The van der Waals surface area contributed by atoms with Crippen molar-refractivity contribution < 1.29 is 14.3 Å². The number of thiazole rings is 1. The summed E-state index contributed by atoms with van der Waals surface area (Å²) in [4.78, 5) is 26.8. The first-order valence-electron chi connectivity index (χ1n) is 13.3. The zero-order valence-electron chi connectivity index (χ0n) is 23.3. The number of nitrogens with two attached hydrogens (primary N) is 1. The SMILES string of the molecule is COCOCc1ccc([C@H](Cc2c(Sc3cnc(Nc4cc(C)ccn4)s3)ccnc2C(N)=O)c2ccccc2)cc1. The van der Waals surface area contributed by atoms with Crippen LogP contribution in [0.5, 0.6) is 0 Å². The highest BCUT2D eigenvalue weighted by molar-refractivity contribution is 8.01. The normalized spacial score (nSPS) is 11.8. The molecule has 5 aromatic rings. The van der Waals surface area contributed by atoms with Crippen molar-refractivity contribution in [1.29, 1.82) is 0 Å². The Morgan fingerprint density at radius 1 is 1.00 bits per heavy atom. The number of amides is 1. The molecule has 0 aliphatic carbocycles. The van der Waals surface area contributed by atoms with E-state index in [0.29, 0.717) is 13.0 Å². The molecule has 0 saturated heterocycles. The zero-order valence-corrected chi connectivity index (χ0v) is 25.0. The molecule has 0 aliphatic heterocycles. The standard InChI is InChI=1S/C32H31N5O3S2/c1-21-12-14-34-28(16-21)37-32-36-18-29(42-32)41-27-13-15-35-30(31(33)38)26(27)17-25(23-6-4-3-5-7-23)24-10-8-22(9-11-24)19-40-20-39-2/h3-16,18,25H,17,19-20H2,1-2H3,(H2,33,38)(H,34,36,37)/t25-/m1/s1. The van der Waals surface area contributed by atoms with E-state index in [1.807, 2.05) is 49.5 Å². The number of nitrogens with zero attached hydrogens (tertiary/aromatic N) is 3. The molecule has 0 saturated carbocycles. The molecule has 1 atom stereocenters. The summed E-state index contributed by atoms with van der Waals surface area (Å²) >= 11 is 3.06. The lowest BCUT2D eigenvalue weighted by molar-refractivity contribution is -0.0390. The molecular formula is C32H31N5O3S2. The van der Waals surface area contributed by atoms with Crippen molar-refractivity contribution in [2.45, 2.75) is 35.0 Å². The smallest absolute Gasteiger partial charge is 0.267 e. The van der Waals surface area contributed by atoms with E-state index in [0.717, 1.165) is 47.9 Å². The first kappa shape index (κ1) is 29.4. The van der Waals surface area contributed by atoms with E-state index in [1.54, 1.807) is 31.3 Å². The van der Waals surface area contributed by atoms with Gasteiger partial charge in [-0.15, -0.1) is 0 Å². The van der Waals surface area contributed by atoms with Crippen LogP contribution >= 0.6 is 23.1 Å². The van der Waals surface area contributed by atoms with Gasteiger partial charge < -0.3 is 20.5 Å². The van der Waals surface area contributed by atoms with Gasteiger partial charge in [-0.3, -0.25) is 9.78 Å². The average Bonchev–Trinajstić information content (AvgIpc) is 3.43. The number of pyridine rings is 2. The Morgan fingerprint density at radius 3 is 2.50 bits per heavy atom.